The average molecular weight is 250 g/mol. The van der Waals surface area contributed by atoms with E-state index < -0.39 is 5.97 Å². The van der Waals surface area contributed by atoms with Gasteiger partial charge in [0.1, 0.15) is 0 Å². The minimum Gasteiger partial charge on any atom is -0.476 e. The molecule has 0 aliphatic heterocycles. The van der Waals surface area contributed by atoms with Gasteiger partial charge in [0.2, 0.25) is 5.01 Å². The smallest absolute Gasteiger partial charge is 0.365 e. The van der Waals surface area contributed by atoms with E-state index in [0.29, 0.717) is 0 Å². The second-order valence-electron chi connectivity index (χ2n) is 2.64. The highest BCUT2D eigenvalue weighted by molar-refractivity contribution is 9.11. The molecule has 1 aromatic heterocycles. The summed E-state index contributed by atoms with van der Waals surface area (Å²) in [5.74, 6) is -0.712. The van der Waals surface area contributed by atoms with Crippen molar-refractivity contribution in [3.05, 3.63) is 14.5 Å². The highest BCUT2D eigenvalue weighted by Gasteiger charge is 2.15. The minimum absolute atomic E-state index is 0.144. The van der Waals surface area contributed by atoms with Gasteiger partial charge in [-0.15, -0.1) is 0 Å². The Morgan fingerprint density at radius 1 is 1.67 bits per heavy atom. The summed E-state index contributed by atoms with van der Waals surface area (Å²) >= 11 is 4.44. The molecule has 0 aromatic carbocycles. The first kappa shape index (κ1) is 9.67. The third-order valence-corrected chi connectivity index (χ3v) is 3.08. The van der Waals surface area contributed by atoms with Crippen LogP contribution in [0.2, 0.25) is 0 Å². The van der Waals surface area contributed by atoms with Crippen LogP contribution < -0.4 is 0 Å². The molecule has 1 heterocycles. The largest absolute Gasteiger partial charge is 0.476 e. The van der Waals surface area contributed by atoms with Crippen LogP contribution in [0.5, 0.6) is 0 Å². The van der Waals surface area contributed by atoms with Gasteiger partial charge in [-0.2, -0.15) is 0 Å². The van der Waals surface area contributed by atoms with E-state index in [2.05, 4.69) is 20.9 Å². The SMILES string of the molecule is CC(C)c1nc(C(=O)O)sc1Br. The van der Waals surface area contributed by atoms with Crippen molar-refractivity contribution in [3.63, 3.8) is 0 Å². The maximum absolute atomic E-state index is 10.5. The Morgan fingerprint density at radius 3 is 2.50 bits per heavy atom. The van der Waals surface area contributed by atoms with Crippen molar-refractivity contribution in [2.24, 2.45) is 0 Å². The number of rotatable bonds is 2. The molecule has 0 saturated heterocycles. The number of aromatic nitrogens is 1. The van der Waals surface area contributed by atoms with Gasteiger partial charge >= 0.3 is 5.97 Å². The molecule has 0 saturated carbocycles. The lowest BCUT2D eigenvalue weighted by Gasteiger charge is -1.97. The third-order valence-electron chi connectivity index (χ3n) is 1.34. The first-order valence-electron chi connectivity index (χ1n) is 3.42. The topological polar surface area (TPSA) is 50.2 Å². The first-order chi connectivity index (χ1) is 5.52. The molecule has 3 nitrogen and oxygen atoms in total. The lowest BCUT2D eigenvalue weighted by molar-refractivity contribution is 0.0696. The molecule has 0 bridgehead atoms. The van der Waals surface area contributed by atoms with Crippen LogP contribution in [0.3, 0.4) is 0 Å². The van der Waals surface area contributed by atoms with Crippen LogP contribution in [-0.2, 0) is 0 Å². The molecule has 0 fully saturated rings. The summed E-state index contributed by atoms with van der Waals surface area (Å²) in [6, 6.07) is 0. The second kappa shape index (κ2) is 3.53. The molecule has 12 heavy (non-hydrogen) atoms. The van der Waals surface area contributed by atoms with Crippen molar-refractivity contribution in [3.8, 4) is 0 Å². The number of carbonyl (C=O) groups is 1. The van der Waals surface area contributed by atoms with Gasteiger partial charge in [-0.05, 0) is 21.8 Å². The van der Waals surface area contributed by atoms with Gasteiger partial charge in [0, 0.05) is 0 Å². The number of hydrogen-bond donors (Lipinski definition) is 1. The van der Waals surface area contributed by atoms with Gasteiger partial charge in [0.15, 0.2) is 0 Å². The summed E-state index contributed by atoms with van der Waals surface area (Å²) < 4.78 is 0.815. The minimum atomic E-state index is -0.965. The van der Waals surface area contributed by atoms with E-state index in [1.54, 1.807) is 0 Å². The molecule has 0 spiro atoms. The highest BCUT2D eigenvalue weighted by atomic mass is 79.9. The first-order valence-corrected chi connectivity index (χ1v) is 5.03. The molecule has 5 heteroatoms. The van der Waals surface area contributed by atoms with E-state index in [4.69, 9.17) is 5.11 Å². The Morgan fingerprint density at radius 2 is 2.25 bits per heavy atom. The van der Waals surface area contributed by atoms with E-state index in [9.17, 15) is 4.79 Å². The van der Waals surface area contributed by atoms with Gasteiger partial charge in [0.25, 0.3) is 0 Å². The van der Waals surface area contributed by atoms with Crippen LogP contribution in [0.15, 0.2) is 3.79 Å². The van der Waals surface area contributed by atoms with E-state index in [1.807, 2.05) is 13.8 Å². The second-order valence-corrected chi connectivity index (χ2v) is 4.95. The van der Waals surface area contributed by atoms with E-state index >= 15 is 0 Å². The molecule has 0 unspecified atom stereocenters. The van der Waals surface area contributed by atoms with Crippen LogP contribution in [0, 0.1) is 0 Å². The number of carboxylic acids is 1. The maximum atomic E-state index is 10.5. The normalized spacial score (nSPS) is 10.7. The Hall–Kier alpha value is -0.420. The Bertz CT molecular complexity index is 308. The molecule has 0 amide bonds. The van der Waals surface area contributed by atoms with Gasteiger partial charge in [0.05, 0.1) is 9.48 Å². The average Bonchev–Trinajstić information content (AvgIpc) is 2.30. The number of carboxylic acid groups (broad SMARTS) is 1. The van der Waals surface area contributed by atoms with Crippen molar-refractivity contribution >= 4 is 33.2 Å². The summed E-state index contributed by atoms with van der Waals surface area (Å²) in [5.41, 5.74) is 0.817. The monoisotopic (exact) mass is 249 g/mol. The molecule has 1 N–H and O–H groups in total. The predicted octanol–water partition coefficient (Wildman–Crippen LogP) is 2.73. The molecule has 0 radical (unpaired) electrons. The summed E-state index contributed by atoms with van der Waals surface area (Å²) in [7, 11) is 0. The van der Waals surface area contributed by atoms with E-state index in [-0.39, 0.29) is 10.9 Å². The van der Waals surface area contributed by atoms with Crippen LogP contribution >= 0.6 is 27.3 Å². The van der Waals surface area contributed by atoms with Gasteiger partial charge in [-0.25, -0.2) is 9.78 Å². The Labute approximate surface area is 82.6 Å². The van der Waals surface area contributed by atoms with Gasteiger partial charge in [-0.3, -0.25) is 0 Å². The fraction of sp³-hybridized carbons (Fsp3) is 0.429. The molecule has 0 aliphatic carbocycles. The van der Waals surface area contributed by atoms with Crippen molar-refractivity contribution in [1.29, 1.82) is 0 Å². The molecule has 1 rings (SSSR count). The third kappa shape index (κ3) is 1.84. The number of nitrogens with zero attached hydrogens (tertiary/aromatic N) is 1. The number of aromatic carboxylic acids is 1. The number of hydrogen-bond acceptors (Lipinski definition) is 3. The summed E-state index contributed by atoms with van der Waals surface area (Å²) in [6.45, 7) is 3.96. The molecule has 1 aromatic rings. The maximum Gasteiger partial charge on any atom is 0.365 e. The summed E-state index contributed by atoms with van der Waals surface area (Å²) in [6.07, 6.45) is 0. The van der Waals surface area contributed by atoms with E-state index in [1.165, 1.54) is 0 Å². The Kier molecular flexibility index (Phi) is 2.85. The number of halogens is 1. The summed E-state index contributed by atoms with van der Waals surface area (Å²) in [5, 5.41) is 8.78. The standard InChI is InChI=1S/C7H8BrNO2S/c1-3(2)4-5(8)12-6(9-4)7(10)11/h3H,1-2H3,(H,10,11). The fourth-order valence-electron chi connectivity index (χ4n) is 0.761. The van der Waals surface area contributed by atoms with Crippen molar-refractivity contribution < 1.29 is 9.90 Å². The zero-order chi connectivity index (χ0) is 9.30. The van der Waals surface area contributed by atoms with Crippen LogP contribution in [0.25, 0.3) is 0 Å². The van der Waals surface area contributed by atoms with Crippen LogP contribution in [-0.4, -0.2) is 16.1 Å². The summed E-state index contributed by atoms with van der Waals surface area (Å²) in [4.78, 5) is 14.5. The quantitative estimate of drug-likeness (QED) is 0.877. The lowest BCUT2D eigenvalue weighted by atomic mass is 10.2. The lowest BCUT2D eigenvalue weighted by Crippen LogP contribution is -1.96. The zero-order valence-corrected chi connectivity index (χ0v) is 9.07. The molecular weight excluding hydrogens is 242 g/mol. The molecule has 0 atom stereocenters. The van der Waals surface area contributed by atoms with Gasteiger partial charge < -0.3 is 5.11 Å². The highest BCUT2D eigenvalue weighted by Crippen LogP contribution is 2.29. The molecular formula is C7H8BrNO2S. The molecule has 66 valence electrons. The van der Waals surface area contributed by atoms with Gasteiger partial charge in [-0.1, -0.05) is 25.2 Å². The van der Waals surface area contributed by atoms with Crippen molar-refractivity contribution in [2.75, 3.05) is 0 Å². The van der Waals surface area contributed by atoms with Crippen LogP contribution in [0.4, 0.5) is 0 Å². The van der Waals surface area contributed by atoms with Crippen molar-refractivity contribution in [1.82, 2.24) is 4.98 Å². The zero-order valence-electron chi connectivity index (χ0n) is 6.67. The molecule has 0 aliphatic rings. The number of thiazole rings is 1. The van der Waals surface area contributed by atoms with Crippen LogP contribution in [0.1, 0.15) is 35.3 Å². The predicted molar refractivity (Wildman–Crippen MR) is 50.9 cm³/mol. The Balaban J connectivity index is 3.09. The van der Waals surface area contributed by atoms with E-state index in [0.717, 1.165) is 20.8 Å². The fourth-order valence-corrected chi connectivity index (χ4v) is 2.55. The van der Waals surface area contributed by atoms with Crippen molar-refractivity contribution in [2.45, 2.75) is 19.8 Å².